The van der Waals surface area contributed by atoms with E-state index >= 15 is 0 Å². The minimum atomic E-state index is -0.595. The Labute approximate surface area is 96.9 Å². The second-order valence-electron chi connectivity index (χ2n) is 3.13. The number of carbonyl (C=O) groups is 1. The van der Waals surface area contributed by atoms with Crippen LogP contribution in [0.25, 0.3) is 0 Å². The summed E-state index contributed by atoms with van der Waals surface area (Å²) in [6.07, 6.45) is 0.867. The largest absolute Gasteiger partial charge is 0.376 e. The van der Waals surface area contributed by atoms with Crippen LogP contribution in [-0.2, 0) is 14.3 Å². The molecule has 0 saturated carbocycles. The number of carbonyl (C=O) groups excluding carboxylic acids is 1. The van der Waals surface area contributed by atoms with Crippen LogP contribution in [0.4, 0.5) is 5.82 Å². The van der Waals surface area contributed by atoms with Crippen LogP contribution in [0.5, 0.6) is 0 Å². The highest BCUT2D eigenvalue weighted by atomic mass is 35.5. The van der Waals surface area contributed by atoms with Crippen LogP contribution < -0.4 is 5.32 Å². The van der Waals surface area contributed by atoms with Crippen LogP contribution in [0, 0.1) is 0 Å². The van der Waals surface area contributed by atoms with Gasteiger partial charge in [0, 0.05) is 6.20 Å². The molecule has 1 aliphatic rings. The van der Waals surface area contributed by atoms with Crippen molar-refractivity contribution in [2.75, 3.05) is 25.1 Å². The molecule has 1 atom stereocenters. The zero-order valence-corrected chi connectivity index (χ0v) is 9.11. The maximum atomic E-state index is 11.7. The predicted molar refractivity (Wildman–Crippen MR) is 56.2 cm³/mol. The second kappa shape index (κ2) is 5.20. The summed E-state index contributed by atoms with van der Waals surface area (Å²) in [5, 5.41) is 2.66. The minimum Gasteiger partial charge on any atom is -0.376 e. The molecule has 1 aromatic rings. The quantitative estimate of drug-likeness (QED) is 0.765. The maximum absolute atomic E-state index is 11.7. The molecule has 1 N–H and O–H groups in total. The number of hydrogen-bond donors (Lipinski definition) is 1. The van der Waals surface area contributed by atoms with Crippen LogP contribution in [0.2, 0.25) is 5.28 Å². The molecule has 0 aromatic carbocycles. The van der Waals surface area contributed by atoms with Crippen molar-refractivity contribution < 1.29 is 14.3 Å². The van der Waals surface area contributed by atoms with E-state index in [0.29, 0.717) is 19.0 Å². The summed E-state index contributed by atoms with van der Waals surface area (Å²) < 4.78 is 10.3. The zero-order valence-electron chi connectivity index (χ0n) is 8.35. The summed E-state index contributed by atoms with van der Waals surface area (Å²) in [5.74, 6) is 0.0497. The Hall–Kier alpha value is -1.24. The first-order chi connectivity index (χ1) is 7.75. The number of hydrogen-bond acceptors (Lipinski definition) is 5. The number of aromatic nitrogens is 2. The molecule has 1 saturated heterocycles. The molecule has 6 nitrogen and oxygen atoms in total. The van der Waals surface area contributed by atoms with E-state index in [9.17, 15) is 4.79 Å². The van der Waals surface area contributed by atoms with E-state index in [1.807, 2.05) is 0 Å². The fraction of sp³-hybridized carbons (Fsp3) is 0.444. The van der Waals surface area contributed by atoms with Gasteiger partial charge in [-0.05, 0) is 17.7 Å². The SMILES string of the molecule is O=C(Nc1ccnc(Cl)n1)C1COCCO1. The van der Waals surface area contributed by atoms with Crippen molar-refractivity contribution in [2.45, 2.75) is 6.10 Å². The number of halogens is 1. The van der Waals surface area contributed by atoms with Crippen molar-refractivity contribution in [1.29, 1.82) is 0 Å². The lowest BCUT2D eigenvalue weighted by molar-refractivity contribution is -0.142. The molecule has 1 fully saturated rings. The molecule has 2 rings (SSSR count). The molecule has 0 aliphatic carbocycles. The van der Waals surface area contributed by atoms with Crippen molar-refractivity contribution in [3.05, 3.63) is 17.5 Å². The van der Waals surface area contributed by atoms with Crippen LogP contribution in [0.3, 0.4) is 0 Å². The summed E-state index contributed by atoms with van der Waals surface area (Å²) >= 11 is 5.58. The molecule has 86 valence electrons. The highest BCUT2D eigenvalue weighted by molar-refractivity contribution is 6.28. The Balaban J connectivity index is 1.96. The molecular weight excluding hydrogens is 234 g/mol. The molecule has 16 heavy (non-hydrogen) atoms. The van der Waals surface area contributed by atoms with Gasteiger partial charge in [-0.3, -0.25) is 4.79 Å². The third kappa shape index (κ3) is 2.88. The molecule has 2 heterocycles. The lowest BCUT2D eigenvalue weighted by atomic mass is 10.3. The first kappa shape index (κ1) is 11.3. The highest BCUT2D eigenvalue weighted by Gasteiger charge is 2.22. The first-order valence-electron chi connectivity index (χ1n) is 4.74. The highest BCUT2D eigenvalue weighted by Crippen LogP contribution is 2.08. The van der Waals surface area contributed by atoms with E-state index < -0.39 is 6.10 Å². The van der Waals surface area contributed by atoms with Crippen molar-refractivity contribution >= 4 is 23.3 Å². The van der Waals surface area contributed by atoms with Crippen molar-refractivity contribution in [3.8, 4) is 0 Å². The van der Waals surface area contributed by atoms with E-state index in [1.54, 1.807) is 6.07 Å². The number of amides is 1. The van der Waals surface area contributed by atoms with Gasteiger partial charge in [-0.1, -0.05) is 0 Å². The summed E-state index contributed by atoms with van der Waals surface area (Å²) in [5.41, 5.74) is 0. The topological polar surface area (TPSA) is 73.3 Å². The summed E-state index contributed by atoms with van der Waals surface area (Å²) in [6.45, 7) is 1.19. The average molecular weight is 244 g/mol. The van der Waals surface area contributed by atoms with Gasteiger partial charge in [0.2, 0.25) is 5.28 Å². The number of ether oxygens (including phenoxy) is 2. The Morgan fingerprint density at radius 1 is 1.56 bits per heavy atom. The number of rotatable bonds is 2. The van der Waals surface area contributed by atoms with Crippen molar-refractivity contribution in [3.63, 3.8) is 0 Å². The fourth-order valence-corrected chi connectivity index (χ4v) is 1.40. The fourth-order valence-electron chi connectivity index (χ4n) is 1.25. The second-order valence-corrected chi connectivity index (χ2v) is 3.47. The lowest BCUT2D eigenvalue weighted by Crippen LogP contribution is -2.39. The molecule has 0 spiro atoms. The normalized spacial score (nSPS) is 20.4. The molecule has 1 aliphatic heterocycles. The van der Waals surface area contributed by atoms with Gasteiger partial charge in [-0.2, -0.15) is 0 Å². The first-order valence-corrected chi connectivity index (χ1v) is 5.12. The predicted octanol–water partition coefficient (Wildman–Crippen LogP) is 0.484. The summed E-state index contributed by atoms with van der Waals surface area (Å²) in [4.78, 5) is 19.2. The van der Waals surface area contributed by atoms with Gasteiger partial charge >= 0.3 is 0 Å². The number of nitrogens with one attached hydrogen (secondary N) is 1. The Morgan fingerprint density at radius 2 is 2.44 bits per heavy atom. The van der Waals surface area contributed by atoms with Gasteiger partial charge in [0.25, 0.3) is 5.91 Å². The van der Waals surface area contributed by atoms with Crippen molar-refractivity contribution in [1.82, 2.24) is 9.97 Å². The Kier molecular flexibility index (Phi) is 3.66. The monoisotopic (exact) mass is 243 g/mol. The summed E-state index contributed by atoms with van der Waals surface area (Å²) in [7, 11) is 0. The van der Waals surface area contributed by atoms with Gasteiger partial charge < -0.3 is 14.8 Å². The molecule has 1 unspecified atom stereocenters. The number of anilines is 1. The molecule has 1 amide bonds. The molecule has 7 heteroatoms. The summed E-state index contributed by atoms with van der Waals surface area (Å²) in [6, 6.07) is 1.55. The number of nitrogens with zero attached hydrogens (tertiary/aromatic N) is 2. The molecule has 1 aromatic heterocycles. The standard InChI is InChI=1S/C9H10ClN3O3/c10-9-11-2-1-7(13-9)12-8(14)6-5-15-3-4-16-6/h1-2,6H,3-5H2,(H,11,12,13,14). The smallest absolute Gasteiger partial charge is 0.257 e. The van der Waals surface area contributed by atoms with E-state index in [-0.39, 0.29) is 17.8 Å². The van der Waals surface area contributed by atoms with E-state index in [0.717, 1.165) is 0 Å². The van der Waals surface area contributed by atoms with E-state index in [2.05, 4.69) is 15.3 Å². The third-order valence-electron chi connectivity index (χ3n) is 1.99. The van der Waals surface area contributed by atoms with Gasteiger partial charge in [-0.25, -0.2) is 9.97 Å². The van der Waals surface area contributed by atoms with Crippen molar-refractivity contribution in [2.24, 2.45) is 0 Å². The van der Waals surface area contributed by atoms with E-state index in [4.69, 9.17) is 21.1 Å². The molecule has 0 radical (unpaired) electrons. The van der Waals surface area contributed by atoms with Gasteiger partial charge in [0.05, 0.1) is 19.8 Å². The lowest BCUT2D eigenvalue weighted by Gasteiger charge is -2.21. The minimum absolute atomic E-state index is 0.0820. The zero-order chi connectivity index (χ0) is 11.4. The molecule has 0 bridgehead atoms. The Bertz CT molecular complexity index is 382. The van der Waals surface area contributed by atoms with Gasteiger partial charge in [0.15, 0.2) is 6.10 Å². The van der Waals surface area contributed by atoms with Crippen LogP contribution >= 0.6 is 11.6 Å². The van der Waals surface area contributed by atoms with Crippen LogP contribution in [0.15, 0.2) is 12.3 Å². The maximum Gasteiger partial charge on any atom is 0.257 e. The van der Waals surface area contributed by atoms with Crippen LogP contribution in [0.1, 0.15) is 0 Å². The van der Waals surface area contributed by atoms with Crippen LogP contribution in [-0.4, -0.2) is 41.8 Å². The van der Waals surface area contributed by atoms with E-state index in [1.165, 1.54) is 6.20 Å². The van der Waals surface area contributed by atoms with Gasteiger partial charge in [0.1, 0.15) is 5.82 Å². The molecular formula is C9H10ClN3O3. The average Bonchev–Trinajstić information content (AvgIpc) is 2.30. The third-order valence-corrected chi connectivity index (χ3v) is 2.17. The Morgan fingerprint density at radius 3 is 3.12 bits per heavy atom. The van der Waals surface area contributed by atoms with Gasteiger partial charge in [-0.15, -0.1) is 0 Å².